The lowest BCUT2D eigenvalue weighted by atomic mass is 9.94. The molecule has 2 aromatic rings. The predicted octanol–water partition coefficient (Wildman–Crippen LogP) is 4.55. The number of aliphatic hydroxyl groups is 1. The van der Waals surface area contributed by atoms with Gasteiger partial charge in [-0.1, -0.05) is 26.0 Å². The van der Waals surface area contributed by atoms with Crippen molar-refractivity contribution in [3.8, 4) is 11.5 Å². The van der Waals surface area contributed by atoms with Gasteiger partial charge in [-0.3, -0.25) is 9.59 Å². The number of hydrogen-bond acceptors (Lipinski definition) is 6. The van der Waals surface area contributed by atoms with Crippen molar-refractivity contribution in [2.45, 2.75) is 46.8 Å². The number of carbonyl (C=O) groups excluding carboxylic acids is 2. The summed E-state index contributed by atoms with van der Waals surface area (Å²) in [5.74, 6) is -0.0825. The molecule has 1 N–H and O–H groups in total. The van der Waals surface area contributed by atoms with Crippen LogP contribution in [0.2, 0.25) is 0 Å². The van der Waals surface area contributed by atoms with Gasteiger partial charge in [-0.25, -0.2) is 0 Å². The minimum absolute atomic E-state index is 0.0133. The number of hydrogen-bond donors (Lipinski definition) is 1. The van der Waals surface area contributed by atoms with Gasteiger partial charge < -0.3 is 24.4 Å². The first-order chi connectivity index (χ1) is 16.7. The van der Waals surface area contributed by atoms with Crippen molar-refractivity contribution < 1.29 is 24.2 Å². The number of methoxy groups -OCH3 is 1. The number of ether oxygens (including phenoxy) is 2. The molecular formula is C28H36N2O5. The number of aliphatic hydroxyl groups excluding tert-OH is 1. The van der Waals surface area contributed by atoms with Crippen LogP contribution in [0.25, 0.3) is 5.76 Å². The quantitative estimate of drug-likeness (QED) is 0.305. The molecule has 3 rings (SSSR count). The van der Waals surface area contributed by atoms with E-state index in [4.69, 9.17) is 9.47 Å². The molecule has 0 aromatic heterocycles. The lowest BCUT2D eigenvalue weighted by Crippen LogP contribution is -2.38. The molecule has 1 aliphatic rings. The van der Waals surface area contributed by atoms with E-state index in [1.54, 1.807) is 42.3 Å². The summed E-state index contributed by atoms with van der Waals surface area (Å²) in [7, 11) is 1.58. The van der Waals surface area contributed by atoms with Gasteiger partial charge in [0.25, 0.3) is 11.7 Å². The molecule has 1 fully saturated rings. The molecule has 2 aromatic carbocycles. The maximum absolute atomic E-state index is 13.2. The second kappa shape index (κ2) is 11.4. The summed E-state index contributed by atoms with van der Waals surface area (Å²) in [5.41, 5.74) is 2.14. The van der Waals surface area contributed by atoms with Crippen molar-refractivity contribution in [1.29, 1.82) is 0 Å². The molecule has 0 aliphatic carbocycles. The Balaban J connectivity index is 2.08. The Labute approximate surface area is 207 Å². The molecular weight excluding hydrogens is 444 g/mol. The van der Waals surface area contributed by atoms with Gasteiger partial charge in [-0.2, -0.15) is 0 Å². The molecule has 35 heavy (non-hydrogen) atoms. The molecule has 1 heterocycles. The number of likely N-dealkylation sites (tertiary alicyclic amines) is 1. The van der Waals surface area contributed by atoms with Crippen molar-refractivity contribution in [3.05, 3.63) is 64.7 Å². The van der Waals surface area contributed by atoms with Crippen LogP contribution in [-0.2, 0) is 9.59 Å². The van der Waals surface area contributed by atoms with E-state index in [1.165, 1.54) is 0 Å². The first-order valence-electron chi connectivity index (χ1n) is 12.1. The van der Waals surface area contributed by atoms with E-state index < -0.39 is 17.7 Å². The zero-order valence-corrected chi connectivity index (χ0v) is 21.5. The van der Waals surface area contributed by atoms with Crippen LogP contribution < -0.4 is 9.47 Å². The minimum Gasteiger partial charge on any atom is -0.507 e. The van der Waals surface area contributed by atoms with E-state index in [2.05, 4.69) is 18.7 Å². The zero-order valence-electron chi connectivity index (χ0n) is 21.5. The summed E-state index contributed by atoms with van der Waals surface area (Å²) in [5, 5.41) is 11.3. The van der Waals surface area contributed by atoms with Gasteiger partial charge in [0.15, 0.2) is 0 Å². The minimum atomic E-state index is -0.691. The largest absolute Gasteiger partial charge is 0.507 e. The molecule has 7 nitrogen and oxygen atoms in total. The maximum atomic E-state index is 13.2. The molecule has 0 bridgehead atoms. The third-order valence-electron chi connectivity index (χ3n) is 6.33. The number of ketones is 1. The van der Waals surface area contributed by atoms with Gasteiger partial charge in [0.2, 0.25) is 0 Å². The first kappa shape index (κ1) is 26.3. The molecule has 0 radical (unpaired) electrons. The highest BCUT2D eigenvalue weighted by atomic mass is 16.5. The number of benzene rings is 2. The van der Waals surface area contributed by atoms with Gasteiger partial charge in [0, 0.05) is 18.7 Å². The molecule has 7 heteroatoms. The highest BCUT2D eigenvalue weighted by molar-refractivity contribution is 6.46. The summed E-state index contributed by atoms with van der Waals surface area (Å²) < 4.78 is 11.1. The van der Waals surface area contributed by atoms with Crippen molar-refractivity contribution in [3.63, 3.8) is 0 Å². The second-order valence-corrected chi connectivity index (χ2v) is 8.94. The number of likely N-dealkylation sites (N-methyl/N-ethyl adjacent to an activating group) is 1. The average molecular weight is 481 g/mol. The van der Waals surface area contributed by atoms with Crippen LogP contribution in [0.15, 0.2) is 48.0 Å². The number of aryl methyl sites for hydroxylation is 1. The van der Waals surface area contributed by atoms with E-state index in [9.17, 15) is 14.7 Å². The summed E-state index contributed by atoms with van der Waals surface area (Å²) in [4.78, 5) is 30.2. The smallest absolute Gasteiger partial charge is 0.295 e. The van der Waals surface area contributed by atoms with Crippen LogP contribution in [0.1, 0.15) is 50.4 Å². The Morgan fingerprint density at radius 1 is 1.09 bits per heavy atom. The number of carbonyl (C=O) groups is 2. The summed E-state index contributed by atoms with van der Waals surface area (Å²) >= 11 is 0. The number of Topliss-reactive ketones (excluding diaryl/α,β-unsaturated/α-hetero) is 1. The van der Waals surface area contributed by atoms with Crippen LogP contribution >= 0.6 is 0 Å². The standard InChI is InChI=1S/C28H36N2O5/c1-7-29(8-2)15-16-30-25(20-9-12-22(34-6)13-10-20)24(27(32)28(30)33)26(31)21-11-14-23(19(5)17-21)35-18(3)4/h9-14,17-18,25,31H,7-8,15-16H2,1-6H3/b26-24-. The highest BCUT2D eigenvalue weighted by Gasteiger charge is 2.46. The first-order valence-corrected chi connectivity index (χ1v) is 12.1. The fourth-order valence-corrected chi connectivity index (χ4v) is 4.37. The van der Waals surface area contributed by atoms with Crippen molar-refractivity contribution in [2.24, 2.45) is 0 Å². The fraction of sp³-hybridized carbons (Fsp3) is 0.429. The van der Waals surface area contributed by atoms with E-state index in [0.29, 0.717) is 30.2 Å². The van der Waals surface area contributed by atoms with Crippen LogP contribution in [0, 0.1) is 6.92 Å². The Hall–Kier alpha value is -3.32. The molecule has 1 saturated heterocycles. The van der Waals surface area contributed by atoms with Crippen LogP contribution in [0.3, 0.4) is 0 Å². The van der Waals surface area contributed by atoms with Crippen LogP contribution in [0.5, 0.6) is 11.5 Å². The maximum Gasteiger partial charge on any atom is 0.295 e. The summed E-state index contributed by atoms with van der Waals surface area (Å²) in [6, 6.07) is 11.8. The summed E-state index contributed by atoms with van der Waals surface area (Å²) in [6.45, 7) is 12.6. The lowest BCUT2D eigenvalue weighted by molar-refractivity contribution is -0.140. The fourth-order valence-electron chi connectivity index (χ4n) is 4.37. The number of rotatable bonds is 10. The van der Waals surface area contributed by atoms with E-state index in [-0.39, 0.29) is 17.4 Å². The van der Waals surface area contributed by atoms with Gasteiger partial charge in [0.1, 0.15) is 17.3 Å². The molecule has 0 spiro atoms. The Bertz CT molecular complexity index is 1090. The molecule has 1 amide bonds. The van der Waals surface area contributed by atoms with Gasteiger partial charge in [-0.15, -0.1) is 0 Å². The van der Waals surface area contributed by atoms with Crippen molar-refractivity contribution in [2.75, 3.05) is 33.3 Å². The molecule has 1 unspecified atom stereocenters. The lowest BCUT2D eigenvalue weighted by Gasteiger charge is -2.28. The number of nitrogens with zero attached hydrogens (tertiary/aromatic N) is 2. The van der Waals surface area contributed by atoms with Gasteiger partial charge >= 0.3 is 0 Å². The highest BCUT2D eigenvalue weighted by Crippen LogP contribution is 2.40. The SMILES string of the molecule is CCN(CC)CCN1C(=O)C(=O)/C(=C(\O)c2ccc(OC(C)C)c(C)c2)C1c1ccc(OC)cc1. The average Bonchev–Trinajstić information content (AvgIpc) is 3.10. The Kier molecular flexibility index (Phi) is 8.57. The van der Waals surface area contributed by atoms with Crippen LogP contribution in [0.4, 0.5) is 0 Å². The van der Waals surface area contributed by atoms with Gasteiger partial charge in [0.05, 0.1) is 24.8 Å². The summed E-state index contributed by atoms with van der Waals surface area (Å²) in [6.07, 6.45) is 0.0133. The number of amides is 1. The third-order valence-corrected chi connectivity index (χ3v) is 6.33. The molecule has 188 valence electrons. The molecule has 1 atom stereocenters. The predicted molar refractivity (Wildman–Crippen MR) is 137 cm³/mol. The van der Waals surface area contributed by atoms with Gasteiger partial charge in [-0.05, 0) is 75.3 Å². The monoisotopic (exact) mass is 480 g/mol. The molecule has 1 aliphatic heterocycles. The van der Waals surface area contributed by atoms with E-state index in [0.717, 1.165) is 24.2 Å². The van der Waals surface area contributed by atoms with Crippen molar-refractivity contribution in [1.82, 2.24) is 9.80 Å². The van der Waals surface area contributed by atoms with Crippen molar-refractivity contribution >= 4 is 17.4 Å². The zero-order chi connectivity index (χ0) is 25.7. The topological polar surface area (TPSA) is 79.3 Å². The van der Waals surface area contributed by atoms with Crippen LogP contribution in [-0.4, -0.2) is 66.0 Å². The second-order valence-electron chi connectivity index (χ2n) is 8.94. The molecule has 0 saturated carbocycles. The Morgan fingerprint density at radius 3 is 2.29 bits per heavy atom. The Morgan fingerprint density at radius 2 is 1.74 bits per heavy atom. The van der Waals surface area contributed by atoms with E-state index in [1.807, 2.05) is 32.9 Å². The normalized spacial score (nSPS) is 17.5. The third kappa shape index (κ3) is 5.68. The van der Waals surface area contributed by atoms with E-state index >= 15 is 0 Å².